The van der Waals surface area contributed by atoms with Gasteiger partial charge in [-0.15, -0.1) is 0 Å². The van der Waals surface area contributed by atoms with Crippen molar-refractivity contribution in [1.82, 2.24) is 20.1 Å². The molecule has 2 aromatic heterocycles. The third-order valence-electron chi connectivity index (χ3n) is 13.4. The van der Waals surface area contributed by atoms with Crippen molar-refractivity contribution in [3.05, 3.63) is 214 Å². The fourth-order valence-electron chi connectivity index (χ4n) is 9.73. The second-order valence-corrected chi connectivity index (χ2v) is 18.4. The van der Waals surface area contributed by atoms with Gasteiger partial charge >= 0.3 is 6.03 Å². The van der Waals surface area contributed by atoms with Gasteiger partial charge in [0.25, 0.3) is 0 Å². The number of nitriles is 2. The molecule has 392 valence electrons. The van der Waals surface area contributed by atoms with Crippen LogP contribution < -0.4 is 26.2 Å². The van der Waals surface area contributed by atoms with Crippen LogP contribution in [0.4, 0.5) is 38.9 Å². The Labute approximate surface area is 450 Å². The van der Waals surface area contributed by atoms with Gasteiger partial charge in [0.05, 0.1) is 34.6 Å². The standard InChI is InChI=1S/C30H30N6O2.C24H24N4.C6H6N2O2.CH4/c1-21-28(22(2)38-34-21)33-30(37)32-26-13-14-27(25(19-26)20-31)35-15-17-36(18-16-35)29(23-9-5-3-6-10-23)24-11-7-4-8-12-24;25-18-21-17-22(26)11-12-23(21)27-13-15-28(16-14-27)24(19-7-3-1-4-8-19)20-9-5-2-6-10-20;1-4-6(7-3-9)5(2)10-8-4;/h3-14,19,29H,15-18H2,1-2H3,(H2,32,33,37);1-12,17,24H,13-16,26H2;1-2H3;1H4. The Morgan fingerprint density at radius 2 is 0.987 bits per heavy atom. The number of aliphatic imine (C=N–C) groups is 1. The number of anilines is 5. The van der Waals surface area contributed by atoms with E-state index in [4.69, 9.17) is 14.8 Å². The number of carbonyl (C=O) groups is 1. The van der Waals surface area contributed by atoms with Crippen molar-refractivity contribution in [2.75, 3.05) is 78.5 Å². The van der Waals surface area contributed by atoms with Crippen LogP contribution in [-0.2, 0) is 4.79 Å². The SMILES string of the molecule is C.Cc1noc(C)c1N=C=O.Cc1noc(C)c1NC(=O)Nc1ccc(N2CCN(C(c3ccccc3)c3ccccc3)CC2)c(C#N)c1.N#Cc1cc(N)ccc1N1CCN(C(c2ccccc2)c2ccccc2)CC1. The molecule has 6 aromatic carbocycles. The summed E-state index contributed by atoms with van der Waals surface area (Å²) in [4.78, 5) is 35.3. The average Bonchev–Trinajstić information content (AvgIpc) is 3.95. The van der Waals surface area contributed by atoms with E-state index in [0.717, 1.165) is 63.7 Å². The maximum absolute atomic E-state index is 12.5. The summed E-state index contributed by atoms with van der Waals surface area (Å²) >= 11 is 0. The molecule has 10 rings (SSSR count). The number of nitrogens with one attached hydrogen (secondary N) is 2. The molecule has 0 saturated carbocycles. The number of nitrogens with zero attached hydrogens (tertiary/aromatic N) is 9. The number of nitrogens with two attached hydrogens (primary N) is 1. The summed E-state index contributed by atoms with van der Waals surface area (Å²) < 4.78 is 9.82. The third kappa shape index (κ3) is 13.9. The molecule has 77 heavy (non-hydrogen) atoms. The predicted octanol–water partition coefficient (Wildman–Crippen LogP) is 11.7. The molecule has 8 aromatic rings. The molecular weight excluding hydrogens is 965 g/mol. The maximum atomic E-state index is 12.5. The Morgan fingerprint density at radius 1 is 0.571 bits per heavy atom. The Hall–Kier alpha value is -9.31. The quantitative estimate of drug-likeness (QED) is 0.0626. The van der Waals surface area contributed by atoms with Crippen LogP contribution in [0.1, 0.15) is 75.8 Å². The van der Waals surface area contributed by atoms with E-state index in [0.29, 0.717) is 56.8 Å². The summed E-state index contributed by atoms with van der Waals surface area (Å²) in [6, 6.07) is 58.2. The van der Waals surface area contributed by atoms with Gasteiger partial charge < -0.3 is 35.2 Å². The minimum absolute atomic E-state index is 0. The highest BCUT2D eigenvalue weighted by molar-refractivity contribution is 6.00. The number of benzene rings is 6. The van der Waals surface area contributed by atoms with Crippen LogP contribution >= 0.6 is 0 Å². The molecule has 0 atom stereocenters. The van der Waals surface area contributed by atoms with Crippen LogP contribution in [0.2, 0.25) is 0 Å². The third-order valence-corrected chi connectivity index (χ3v) is 13.4. The number of aryl methyl sites for hydroxylation is 4. The minimum atomic E-state index is -0.419. The summed E-state index contributed by atoms with van der Waals surface area (Å²) in [5, 5.41) is 32.4. The lowest BCUT2D eigenvalue weighted by Crippen LogP contribution is -2.48. The molecule has 2 saturated heterocycles. The Balaban J connectivity index is 0.000000193. The van der Waals surface area contributed by atoms with Crippen LogP contribution in [0.25, 0.3) is 0 Å². The first-order chi connectivity index (χ1) is 37.0. The first kappa shape index (κ1) is 55.4. The number of hydrogen-bond donors (Lipinski definition) is 3. The summed E-state index contributed by atoms with van der Waals surface area (Å²) in [5.41, 5.74) is 17.5. The maximum Gasteiger partial charge on any atom is 0.323 e. The Bertz CT molecular complexity index is 3200. The molecule has 2 aliphatic rings. The summed E-state index contributed by atoms with van der Waals surface area (Å²) in [7, 11) is 0. The van der Waals surface area contributed by atoms with E-state index in [1.54, 1.807) is 39.8 Å². The van der Waals surface area contributed by atoms with Gasteiger partial charge in [-0.25, -0.2) is 9.59 Å². The van der Waals surface area contributed by atoms with Crippen molar-refractivity contribution < 1.29 is 18.6 Å². The number of hydrogen-bond acceptors (Lipinski definition) is 14. The van der Waals surface area contributed by atoms with Crippen molar-refractivity contribution in [1.29, 1.82) is 10.5 Å². The molecule has 16 nitrogen and oxygen atoms in total. The smallest absolute Gasteiger partial charge is 0.323 e. The fourth-order valence-corrected chi connectivity index (χ4v) is 9.73. The van der Waals surface area contributed by atoms with Gasteiger partial charge in [0.15, 0.2) is 11.5 Å². The lowest BCUT2D eigenvalue weighted by molar-refractivity contribution is 0.212. The van der Waals surface area contributed by atoms with Gasteiger partial charge in [0, 0.05) is 63.7 Å². The second-order valence-electron chi connectivity index (χ2n) is 18.4. The van der Waals surface area contributed by atoms with Gasteiger partial charge in [-0.05, 0) is 86.3 Å². The van der Waals surface area contributed by atoms with E-state index in [1.807, 2.05) is 36.4 Å². The predicted molar refractivity (Wildman–Crippen MR) is 303 cm³/mol. The number of nitrogen functional groups attached to an aromatic ring is 1. The van der Waals surface area contributed by atoms with Gasteiger partial charge in [-0.1, -0.05) is 139 Å². The van der Waals surface area contributed by atoms with Crippen molar-refractivity contribution in [2.24, 2.45) is 4.99 Å². The van der Waals surface area contributed by atoms with Gasteiger partial charge in [-0.2, -0.15) is 15.5 Å². The molecule has 2 aliphatic heterocycles. The zero-order valence-electron chi connectivity index (χ0n) is 43.1. The van der Waals surface area contributed by atoms with Crippen LogP contribution in [-0.4, -0.2) is 84.6 Å². The minimum Gasteiger partial charge on any atom is -0.399 e. The number of rotatable bonds is 11. The van der Waals surface area contributed by atoms with Crippen LogP contribution in [0.15, 0.2) is 172 Å². The molecule has 0 unspecified atom stereocenters. The fraction of sp³-hybridized carbons (Fsp3) is 0.246. The number of isocyanates is 1. The topological polar surface area (TPSA) is 209 Å². The zero-order chi connectivity index (χ0) is 53.4. The van der Waals surface area contributed by atoms with Crippen molar-refractivity contribution in [3.8, 4) is 12.1 Å². The Kier molecular flexibility index (Phi) is 19.3. The molecule has 0 bridgehead atoms. The molecule has 0 aliphatic carbocycles. The number of amides is 2. The average molecular weight is 1030 g/mol. The monoisotopic (exact) mass is 1030 g/mol. The number of piperazine rings is 2. The lowest BCUT2D eigenvalue weighted by atomic mass is 9.96. The molecule has 16 heteroatoms. The molecule has 0 radical (unpaired) electrons. The van der Waals surface area contributed by atoms with Crippen molar-refractivity contribution in [3.63, 3.8) is 0 Å². The van der Waals surface area contributed by atoms with Crippen molar-refractivity contribution >= 4 is 46.2 Å². The molecule has 4 heterocycles. The first-order valence-electron chi connectivity index (χ1n) is 25.1. The van der Waals surface area contributed by atoms with E-state index in [2.05, 4.69) is 167 Å². The highest BCUT2D eigenvalue weighted by Crippen LogP contribution is 2.34. The van der Waals surface area contributed by atoms with Gasteiger partial charge in [0.2, 0.25) is 6.08 Å². The van der Waals surface area contributed by atoms with Crippen LogP contribution in [0.3, 0.4) is 0 Å². The number of carbonyl (C=O) groups excluding carboxylic acids is 2. The number of aromatic nitrogens is 2. The number of urea groups is 1. The van der Waals surface area contributed by atoms with Gasteiger partial charge in [0.1, 0.15) is 34.9 Å². The van der Waals surface area contributed by atoms with E-state index in [-0.39, 0.29) is 19.5 Å². The van der Waals surface area contributed by atoms with Crippen LogP contribution in [0.5, 0.6) is 0 Å². The van der Waals surface area contributed by atoms with Gasteiger partial charge in [-0.3, -0.25) is 9.80 Å². The van der Waals surface area contributed by atoms with E-state index in [9.17, 15) is 20.1 Å². The van der Waals surface area contributed by atoms with E-state index in [1.165, 1.54) is 28.3 Å². The summed E-state index contributed by atoms with van der Waals surface area (Å²) in [5.74, 6) is 1.08. The highest BCUT2D eigenvalue weighted by Gasteiger charge is 2.29. The Morgan fingerprint density at radius 3 is 1.38 bits per heavy atom. The largest absolute Gasteiger partial charge is 0.399 e. The zero-order valence-corrected chi connectivity index (χ0v) is 43.1. The molecule has 2 fully saturated rings. The van der Waals surface area contributed by atoms with E-state index < -0.39 is 6.03 Å². The van der Waals surface area contributed by atoms with E-state index >= 15 is 0 Å². The summed E-state index contributed by atoms with van der Waals surface area (Å²) in [6.45, 7) is 13.8. The highest BCUT2D eigenvalue weighted by atomic mass is 16.5. The molecule has 0 spiro atoms. The summed E-state index contributed by atoms with van der Waals surface area (Å²) in [6.07, 6.45) is 1.43. The lowest BCUT2D eigenvalue weighted by Gasteiger charge is -2.41. The molecular formula is C61H64N12O4. The molecule has 4 N–H and O–H groups in total. The van der Waals surface area contributed by atoms with Crippen LogP contribution in [0, 0.1) is 50.4 Å². The normalized spacial score (nSPS) is 13.4. The first-order valence-corrected chi connectivity index (χ1v) is 25.1. The van der Waals surface area contributed by atoms with Crippen molar-refractivity contribution in [2.45, 2.75) is 47.2 Å². The molecule has 2 amide bonds. The second kappa shape index (κ2) is 26.8.